The first-order valence-corrected chi connectivity index (χ1v) is 4.45. The summed E-state index contributed by atoms with van der Waals surface area (Å²) in [6.45, 7) is 3.43. The van der Waals surface area contributed by atoms with Gasteiger partial charge < -0.3 is 10.8 Å². The lowest BCUT2D eigenvalue weighted by Crippen LogP contribution is -2.42. The van der Waals surface area contributed by atoms with Crippen molar-refractivity contribution >= 4 is 5.97 Å². The second-order valence-electron chi connectivity index (χ2n) is 3.39. The van der Waals surface area contributed by atoms with Gasteiger partial charge in [-0.3, -0.25) is 4.98 Å². The van der Waals surface area contributed by atoms with Gasteiger partial charge >= 0.3 is 5.97 Å². The fraction of sp³-hybridized carbons (Fsp3) is 0.400. The van der Waals surface area contributed by atoms with Crippen molar-refractivity contribution in [1.82, 2.24) is 4.98 Å². The summed E-state index contributed by atoms with van der Waals surface area (Å²) in [6.07, 6.45) is 3.91. The Labute approximate surface area is 82.8 Å². The zero-order valence-corrected chi connectivity index (χ0v) is 8.32. The molecule has 0 saturated carbocycles. The summed E-state index contributed by atoms with van der Waals surface area (Å²) in [7, 11) is 0. The van der Waals surface area contributed by atoms with E-state index >= 15 is 0 Å². The van der Waals surface area contributed by atoms with E-state index in [9.17, 15) is 4.79 Å². The highest BCUT2D eigenvalue weighted by Crippen LogP contribution is 2.21. The quantitative estimate of drug-likeness (QED) is 0.749. The predicted molar refractivity (Wildman–Crippen MR) is 52.8 cm³/mol. The van der Waals surface area contributed by atoms with Gasteiger partial charge in [0.1, 0.15) is 5.54 Å². The average Bonchev–Trinajstić information content (AvgIpc) is 2.17. The Balaban J connectivity index is 3.24. The maximum atomic E-state index is 10.9. The topological polar surface area (TPSA) is 76.2 Å². The Hall–Kier alpha value is -1.42. The fourth-order valence-corrected chi connectivity index (χ4v) is 1.31. The highest BCUT2D eigenvalue weighted by molar-refractivity contribution is 5.80. The normalized spacial score (nSPS) is 14.8. The molecule has 1 heterocycles. The number of carboxylic acid groups (broad SMARTS) is 1. The first-order chi connectivity index (χ1) is 6.50. The molecule has 0 aliphatic rings. The van der Waals surface area contributed by atoms with Gasteiger partial charge in [0, 0.05) is 18.0 Å². The van der Waals surface area contributed by atoms with Gasteiger partial charge in [-0.2, -0.15) is 0 Å². The lowest BCUT2D eigenvalue weighted by Gasteiger charge is -2.21. The number of carboxylic acids is 1. The Kier molecular flexibility index (Phi) is 2.86. The van der Waals surface area contributed by atoms with Crippen LogP contribution in [0.3, 0.4) is 0 Å². The third-order valence-electron chi connectivity index (χ3n) is 2.30. The van der Waals surface area contributed by atoms with Gasteiger partial charge in [-0.15, -0.1) is 0 Å². The largest absolute Gasteiger partial charge is 0.480 e. The summed E-state index contributed by atoms with van der Waals surface area (Å²) in [5.74, 6) is -1.04. The Bertz CT molecular complexity index is 348. The number of hydrogen-bond donors (Lipinski definition) is 2. The molecule has 1 aromatic heterocycles. The van der Waals surface area contributed by atoms with Gasteiger partial charge in [-0.05, 0) is 25.0 Å². The number of nitrogens with zero attached hydrogens (tertiary/aromatic N) is 1. The number of nitrogens with two attached hydrogens (primary N) is 1. The Morgan fingerprint density at radius 1 is 1.71 bits per heavy atom. The van der Waals surface area contributed by atoms with E-state index in [0.29, 0.717) is 5.56 Å². The molecule has 1 aromatic rings. The van der Waals surface area contributed by atoms with E-state index in [4.69, 9.17) is 10.8 Å². The number of aryl methyl sites for hydroxylation is 1. The molecule has 4 heteroatoms. The third-order valence-corrected chi connectivity index (χ3v) is 2.30. The Morgan fingerprint density at radius 3 is 2.86 bits per heavy atom. The van der Waals surface area contributed by atoms with Gasteiger partial charge in [-0.25, -0.2) is 4.79 Å². The molecule has 14 heavy (non-hydrogen) atoms. The van der Waals surface area contributed by atoms with Crippen molar-refractivity contribution < 1.29 is 9.90 Å². The number of aromatic nitrogens is 1. The van der Waals surface area contributed by atoms with Gasteiger partial charge in [-0.1, -0.05) is 6.92 Å². The SMILES string of the molecule is CCc1ccncc1[C@](C)(N)C(=O)O. The molecule has 0 spiro atoms. The summed E-state index contributed by atoms with van der Waals surface area (Å²) in [5.41, 5.74) is 5.86. The minimum atomic E-state index is -1.36. The van der Waals surface area contributed by atoms with E-state index in [-0.39, 0.29) is 0 Å². The molecular weight excluding hydrogens is 180 g/mol. The molecule has 0 saturated heterocycles. The first kappa shape index (κ1) is 10.7. The zero-order chi connectivity index (χ0) is 10.8. The van der Waals surface area contributed by atoms with Crippen LogP contribution in [0.1, 0.15) is 25.0 Å². The monoisotopic (exact) mass is 194 g/mol. The molecule has 0 aromatic carbocycles. The van der Waals surface area contributed by atoms with Crippen LogP contribution in [-0.4, -0.2) is 16.1 Å². The molecule has 0 fully saturated rings. The van der Waals surface area contributed by atoms with Crippen LogP contribution < -0.4 is 5.73 Å². The summed E-state index contributed by atoms with van der Waals surface area (Å²) in [4.78, 5) is 14.8. The lowest BCUT2D eigenvalue weighted by molar-refractivity contribution is -0.143. The molecule has 4 nitrogen and oxygen atoms in total. The molecule has 0 amide bonds. The van der Waals surface area contributed by atoms with Gasteiger partial charge in [0.15, 0.2) is 0 Å². The summed E-state index contributed by atoms with van der Waals surface area (Å²) < 4.78 is 0. The molecule has 0 aliphatic heterocycles. The highest BCUT2D eigenvalue weighted by atomic mass is 16.4. The van der Waals surface area contributed by atoms with Crippen LogP contribution >= 0.6 is 0 Å². The minimum Gasteiger partial charge on any atom is -0.480 e. The van der Waals surface area contributed by atoms with Gasteiger partial charge in [0.2, 0.25) is 0 Å². The summed E-state index contributed by atoms with van der Waals surface area (Å²) >= 11 is 0. The van der Waals surface area contributed by atoms with Crippen LogP contribution in [0.15, 0.2) is 18.5 Å². The number of rotatable bonds is 3. The number of hydrogen-bond acceptors (Lipinski definition) is 3. The minimum absolute atomic E-state index is 0.579. The van der Waals surface area contributed by atoms with Crippen molar-refractivity contribution in [2.45, 2.75) is 25.8 Å². The molecule has 1 rings (SSSR count). The van der Waals surface area contributed by atoms with Crippen LogP contribution in [0, 0.1) is 0 Å². The smallest absolute Gasteiger partial charge is 0.328 e. The van der Waals surface area contributed by atoms with Crippen molar-refractivity contribution in [1.29, 1.82) is 0 Å². The maximum absolute atomic E-state index is 10.9. The molecule has 0 bridgehead atoms. The van der Waals surface area contributed by atoms with E-state index in [1.54, 1.807) is 12.3 Å². The summed E-state index contributed by atoms with van der Waals surface area (Å²) in [6, 6.07) is 1.80. The molecule has 3 N–H and O–H groups in total. The van der Waals surface area contributed by atoms with E-state index in [1.807, 2.05) is 6.92 Å². The van der Waals surface area contributed by atoms with Crippen LogP contribution in [0.25, 0.3) is 0 Å². The van der Waals surface area contributed by atoms with E-state index in [1.165, 1.54) is 13.1 Å². The second-order valence-corrected chi connectivity index (χ2v) is 3.39. The van der Waals surface area contributed by atoms with Crippen LogP contribution in [0.5, 0.6) is 0 Å². The van der Waals surface area contributed by atoms with Crippen molar-refractivity contribution in [2.75, 3.05) is 0 Å². The molecule has 1 atom stereocenters. The number of aliphatic carboxylic acids is 1. The van der Waals surface area contributed by atoms with Gasteiger partial charge in [0.05, 0.1) is 0 Å². The number of pyridine rings is 1. The predicted octanol–water partition coefficient (Wildman–Crippen LogP) is 0.903. The molecule has 0 unspecified atom stereocenters. The molecule has 0 radical (unpaired) electrons. The van der Waals surface area contributed by atoms with Gasteiger partial charge in [0.25, 0.3) is 0 Å². The maximum Gasteiger partial charge on any atom is 0.328 e. The second kappa shape index (κ2) is 3.75. The van der Waals surface area contributed by atoms with Crippen LogP contribution in [-0.2, 0) is 16.8 Å². The fourth-order valence-electron chi connectivity index (χ4n) is 1.31. The van der Waals surface area contributed by atoms with Crippen molar-refractivity contribution in [2.24, 2.45) is 5.73 Å². The number of carbonyl (C=O) groups is 1. The molecule has 0 aliphatic carbocycles. The molecule has 76 valence electrons. The van der Waals surface area contributed by atoms with E-state index in [2.05, 4.69) is 4.98 Å². The summed E-state index contributed by atoms with van der Waals surface area (Å²) in [5, 5.41) is 8.96. The Morgan fingerprint density at radius 2 is 2.36 bits per heavy atom. The zero-order valence-electron chi connectivity index (χ0n) is 8.32. The van der Waals surface area contributed by atoms with E-state index in [0.717, 1.165) is 12.0 Å². The van der Waals surface area contributed by atoms with Crippen LogP contribution in [0.2, 0.25) is 0 Å². The first-order valence-electron chi connectivity index (χ1n) is 4.45. The molecular formula is C10H14N2O2. The standard InChI is InChI=1S/C10H14N2O2/c1-3-7-4-5-12-6-8(7)10(2,11)9(13)14/h4-6H,3,11H2,1-2H3,(H,13,14)/t10-/m0/s1. The van der Waals surface area contributed by atoms with E-state index < -0.39 is 11.5 Å². The third kappa shape index (κ3) is 1.75. The lowest BCUT2D eigenvalue weighted by atomic mass is 9.90. The average molecular weight is 194 g/mol. The van der Waals surface area contributed by atoms with Crippen molar-refractivity contribution in [3.05, 3.63) is 29.6 Å². The van der Waals surface area contributed by atoms with Crippen molar-refractivity contribution in [3.63, 3.8) is 0 Å². The van der Waals surface area contributed by atoms with Crippen LogP contribution in [0.4, 0.5) is 0 Å². The van der Waals surface area contributed by atoms with Crippen molar-refractivity contribution in [3.8, 4) is 0 Å². The highest BCUT2D eigenvalue weighted by Gasteiger charge is 2.32.